The number of amides is 1. The summed E-state index contributed by atoms with van der Waals surface area (Å²) in [5.74, 6) is -0.830. The Hall–Kier alpha value is -1.82. The van der Waals surface area contributed by atoms with Crippen LogP contribution < -0.4 is 5.32 Å². The third kappa shape index (κ3) is 2.31. The molecular weight excluding hydrogens is 324 g/mol. The molecule has 0 fully saturated rings. The van der Waals surface area contributed by atoms with Crippen molar-refractivity contribution in [2.75, 3.05) is 7.11 Å². The van der Waals surface area contributed by atoms with E-state index >= 15 is 0 Å². The number of aromatic amines is 1. The van der Waals surface area contributed by atoms with E-state index in [1.807, 2.05) is 18.2 Å². The van der Waals surface area contributed by atoms with Gasteiger partial charge in [0.25, 0.3) is 0 Å². The van der Waals surface area contributed by atoms with E-state index in [2.05, 4.69) is 26.2 Å². The van der Waals surface area contributed by atoms with Gasteiger partial charge >= 0.3 is 5.97 Å². The van der Waals surface area contributed by atoms with Gasteiger partial charge in [-0.25, -0.2) is 4.79 Å². The van der Waals surface area contributed by atoms with Crippen molar-refractivity contribution in [2.45, 2.75) is 19.4 Å². The van der Waals surface area contributed by atoms with Gasteiger partial charge in [0.2, 0.25) is 5.91 Å². The summed E-state index contributed by atoms with van der Waals surface area (Å²) in [4.78, 5) is 26.7. The molecule has 1 atom stereocenters. The number of aromatic nitrogens is 1. The maximum Gasteiger partial charge on any atom is 0.336 e. The van der Waals surface area contributed by atoms with Crippen LogP contribution in [0.2, 0.25) is 0 Å². The molecule has 0 bridgehead atoms. The predicted octanol–water partition coefficient (Wildman–Crippen LogP) is 2.45. The number of halogens is 1. The minimum absolute atomic E-state index is 0.306. The van der Waals surface area contributed by atoms with Gasteiger partial charge in [0.05, 0.1) is 7.11 Å². The van der Waals surface area contributed by atoms with Gasteiger partial charge < -0.3 is 15.0 Å². The number of carbonyl (C=O) groups is 2. The Morgan fingerprint density at radius 3 is 2.70 bits per heavy atom. The first-order chi connectivity index (χ1) is 9.40. The number of hydrogen-bond acceptors (Lipinski definition) is 3. The highest BCUT2D eigenvalue weighted by atomic mass is 79.9. The zero-order valence-electron chi connectivity index (χ0n) is 11.4. The molecule has 1 amide bonds. The van der Waals surface area contributed by atoms with E-state index in [1.54, 1.807) is 13.1 Å². The van der Waals surface area contributed by atoms with Crippen LogP contribution in [0.1, 0.15) is 19.4 Å². The standard InChI is InChI=1S/C14H15BrN2O3/c1-8(18)17-14(2,13(19)20-3)9-7-16-11-6-4-5-10(15)12(9)11/h4-7,16H,1-3H3,(H,17,18). The minimum atomic E-state index is -1.25. The number of ether oxygens (including phenoxy) is 1. The number of esters is 1. The number of hydrogen-bond donors (Lipinski definition) is 2. The summed E-state index contributed by atoms with van der Waals surface area (Å²) >= 11 is 3.47. The summed E-state index contributed by atoms with van der Waals surface area (Å²) in [6.07, 6.45) is 1.71. The molecule has 0 radical (unpaired) electrons. The molecule has 0 saturated heterocycles. The van der Waals surface area contributed by atoms with Crippen molar-refractivity contribution in [3.8, 4) is 0 Å². The lowest BCUT2D eigenvalue weighted by Crippen LogP contribution is -2.49. The zero-order chi connectivity index (χ0) is 14.9. The molecule has 0 spiro atoms. The molecular formula is C14H15BrN2O3. The summed E-state index contributed by atoms with van der Waals surface area (Å²) in [7, 11) is 1.30. The molecule has 2 aromatic rings. The van der Waals surface area contributed by atoms with Crippen LogP contribution in [0.5, 0.6) is 0 Å². The van der Waals surface area contributed by atoms with E-state index in [0.717, 1.165) is 15.4 Å². The highest BCUT2D eigenvalue weighted by molar-refractivity contribution is 9.10. The van der Waals surface area contributed by atoms with Gasteiger partial charge in [-0.3, -0.25) is 4.79 Å². The number of carbonyl (C=O) groups excluding carboxylic acids is 2. The van der Waals surface area contributed by atoms with Crippen molar-refractivity contribution < 1.29 is 14.3 Å². The molecule has 1 aromatic carbocycles. The Morgan fingerprint density at radius 2 is 2.10 bits per heavy atom. The lowest BCUT2D eigenvalue weighted by Gasteiger charge is -2.27. The van der Waals surface area contributed by atoms with Gasteiger partial charge in [-0.1, -0.05) is 22.0 Å². The average Bonchev–Trinajstić information content (AvgIpc) is 2.82. The van der Waals surface area contributed by atoms with Crippen molar-refractivity contribution in [3.63, 3.8) is 0 Å². The van der Waals surface area contributed by atoms with Crippen molar-refractivity contribution in [2.24, 2.45) is 0 Å². The zero-order valence-corrected chi connectivity index (χ0v) is 13.0. The van der Waals surface area contributed by atoms with Crippen LogP contribution in [0.4, 0.5) is 0 Å². The molecule has 0 aliphatic heterocycles. The lowest BCUT2D eigenvalue weighted by molar-refractivity contribution is -0.150. The van der Waals surface area contributed by atoms with Crippen molar-refractivity contribution >= 4 is 38.7 Å². The van der Waals surface area contributed by atoms with E-state index in [-0.39, 0.29) is 5.91 Å². The maximum absolute atomic E-state index is 12.2. The predicted molar refractivity (Wildman–Crippen MR) is 79.2 cm³/mol. The Kier molecular flexibility index (Phi) is 3.85. The van der Waals surface area contributed by atoms with Crippen molar-refractivity contribution in [1.82, 2.24) is 10.3 Å². The Balaban J connectivity index is 2.69. The van der Waals surface area contributed by atoms with Gasteiger partial charge in [0, 0.05) is 34.1 Å². The smallest absolute Gasteiger partial charge is 0.336 e. The summed E-state index contributed by atoms with van der Waals surface area (Å²) in [6.45, 7) is 2.99. The van der Waals surface area contributed by atoms with Gasteiger partial charge in [-0.15, -0.1) is 0 Å². The molecule has 2 rings (SSSR count). The van der Waals surface area contributed by atoms with Crippen LogP contribution in [0, 0.1) is 0 Å². The summed E-state index contributed by atoms with van der Waals surface area (Å²) in [5, 5.41) is 3.52. The summed E-state index contributed by atoms with van der Waals surface area (Å²) < 4.78 is 5.69. The normalized spacial score (nSPS) is 13.8. The fourth-order valence-corrected chi connectivity index (χ4v) is 2.90. The highest BCUT2D eigenvalue weighted by Crippen LogP contribution is 2.34. The first kappa shape index (κ1) is 14.6. The number of rotatable bonds is 3. The van der Waals surface area contributed by atoms with E-state index in [4.69, 9.17) is 4.74 Å². The van der Waals surface area contributed by atoms with Crippen LogP contribution in [-0.2, 0) is 19.9 Å². The van der Waals surface area contributed by atoms with Gasteiger partial charge in [-0.05, 0) is 19.1 Å². The first-order valence-electron chi connectivity index (χ1n) is 6.03. The number of methoxy groups -OCH3 is 1. The largest absolute Gasteiger partial charge is 0.467 e. The van der Waals surface area contributed by atoms with E-state index in [9.17, 15) is 9.59 Å². The van der Waals surface area contributed by atoms with Crippen molar-refractivity contribution in [1.29, 1.82) is 0 Å². The average molecular weight is 339 g/mol. The van der Waals surface area contributed by atoms with Crippen LogP contribution in [0.3, 0.4) is 0 Å². The Labute approximate surface area is 124 Å². The van der Waals surface area contributed by atoms with Crippen LogP contribution >= 0.6 is 15.9 Å². The number of H-pyrrole nitrogens is 1. The SMILES string of the molecule is COC(=O)C(C)(NC(C)=O)c1c[nH]c2cccc(Br)c12. The first-order valence-corrected chi connectivity index (χ1v) is 6.82. The number of benzene rings is 1. The molecule has 0 saturated carbocycles. The summed E-state index contributed by atoms with van der Waals surface area (Å²) in [6, 6.07) is 5.67. The van der Waals surface area contributed by atoms with Gasteiger partial charge in [0.15, 0.2) is 5.54 Å². The Morgan fingerprint density at radius 1 is 1.40 bits per heavy atom. The van der Waals surface area contributed by atoms with E-state index < -0.39 is 11.5 Å². The molecule has 106 valence electrons. The fraction of sp³-hybridized carbons (Fsp3) is 0.286. The molecule has 1 aromatic heterocycles. The number of fused-ring (bicyclic) bond motifs is 1. The highest BCUT2D eigenvalue weighted by Gasteiger charge is 2.39. The Bertz CT molecular complexity index is 680. The maximum atomic E-state index is 12.2. The topological polar surface area (TPSA) is 71.2 Å². The second-order valence-electron chi connectivity index (χ2n) is 4.66. The third-order valence-electron chi connectivity index (χ3n) is 3.21. The van der Waals surface area contributed by atoms with Crippen LogP contribution in [0.25, 0.3) is 10.9 Å². The molecule has 20 heavy (non-hydrogen) atoms. The van der Waals surface area contributed by atoms with Crippen molar-refractivity contribution in [3.05, 3.63) is 34.4 Å². The number of nitrogens with one attached hydrogen (secondary N) is 2. The lowest BCUT2D eigenvalue weighted by atomic mass is 9.91. The molecule has 1 heterocycles. The van der Waals surface area contributed by atoms with E-state index in [1.165, 1.54) is 14.0 Å². The molecule has 6 heteroatoms. The molecule has 0 aliphatic rings. The molecule has 5 nitrogen and oxygen atoms in total. The second-order valence-corrected chi connectivity index (χ2v) is 5.52. The van der Waals surface area contributed by atoms with Gasteiger partial charge in [-0.2, -0.15) is 0 Å². The van der Waals surface area contributed by atoms with Crippen LogP contribution in [0.15, 0.2) is 28.9 Å². The third-order valence-corrected chi connectivity index (χ3v) is 3.87. The van der Waals surface area contributed by atoms with E-state index in [0.29, 0.717) is 5.56 Å². The molecule has 2 N–H and O–H groups in total. The molecule has 1 unspecified atom stereocenters. The monoisotopic (exact) mass is 338 g/mol. The summed E-state index contributed by atoms with van der Waals surface area (Å²) in [5.41, 5.74) is 0.278. The second kappa shape index (κ2) is 5.28. The fourth-order valence-electron chi connectivity index (χ4n) is 2.32. The molecule has 0 aliphatic carbocycles. The minimum Gasteiger partial charge on any atom is -0.467 e. The van der Waals surface area contributed by atoms with Crippen LogP contribution in [-0.4, -0.2) is 24.0 Å². The quantitative estimate of drug-likeness (QED) is 0.844. The van der Waals surface area contributed by atoms with Gasteiger partial charge in [0.1, 0.15) is 0 Å².